The first-order chi connectivity index (χ1) is 9.66. The highest BCUT2D eigenvalue weighted by Gasteiger charge is 2.05. The van der Waals surface area contributed by atoms with E-state index in [0.717, 1.165) is 18.0 Å². The van der Waals surface area contributed by atoms with Gasteiger partial charge >= 0.3 is 0 Å². The molecule has 0 bridgehead atoms. The number of thioether (sulfide) groups is 1. The Morgan fingerprint density at radius 3 is 2.55 bits per heavy atom. The zero-order valence-corrected chi connectivity index (χ0v) is 13.1. The van der Waals surface area contributed by atoms with Crippen LogP contribution in [0.25, 0.3) is 5.69 Å². The van der Waals surface area contributed by atoms with E-state index in [-0.39, 0.29) is 0 Å². The quantitative estimate of drug-likeness (QED) is 0.796. The minimum absolute atomic E-state index is 0.368. The van der Waals surface area contributed by atoms with Crippen molar-refractivity contribution in [3.63, 3.8) is 0 Å². The van der Waals surface area contributed by atoms with E-state index >= 15 is 0 Å². The van der Waals surface area contributed by atoms with Crippen LogP contribution in [0.5, 0.6) is 0 Å². The number of nitrogens with one attached hydrogen (secondary N) is 1. The predicted molar refractivity (Wildman–Crippen MR) is 85.4 cm³/mol. The van der Waals surface area contributed by atoms with Crippen LogP contribution in [0.3, 0.4) is 0 Å². The van der Waals surface area contributed by atoms with Crippen LogP contribution in [0.4, 0.5) is 0 Å². The van der Waals surface area contributed by atoms with Crippen LogP contribution in [0, 0.1) is 0 Å². The standard InChI is InChI=1S/C15H22N4S/c1-12(2)20-11-9-16-13(3)14-4-6-15(7-5-14)19-10-8-17-18-19/h4-8,10,12-13,16H,9,11H2,1-3H3/t13-/m0/s1. The first-order valence-corrected chi connectivity index (χ1v) is 8.03. The van der Waals surface area contributed by atoms with Gasteiger partial charge in [-0.15, -0.1) is 5.10 Å². The molecule has 1 aromatic carbocycles. The third-order valence-corrected chi connectivity index (χ3v) is 4.19. The van der Waals surface area contributed by atoms with Crippen molar-refractivity contribution in [3.05, 3.63) is 42.2 Å². The van der Waals surface area contributed by atoms with Crippen LogP contribution in [-0.2, 0) is 0 Å². The van der Waals surface area contributed by atoms with Crippen LogP contribution in [0.15, 0.2) is 36.7 Å². The fourth-order valence-electron chi connectivity index (χ4n) is 1.95. The van der Waals surface area contributed by atoms with Gasteiger partial charge in [0.25, 0.3) is 0 Å². The molecule has 0 spiro atoms. The Bertz CT molecular complexity index is 493. The normalized spacial score (nSPS) is 12.8. The Morgan fingerprint density at radius 1 is 1.20 bits per heavy atom. The summed E-state index contributed by atoms with van der Waals surface area (Å²) >= 11 is 1.99. The van der Waals surface area contributed by atoms with Crippen molar-refractivity contribution in [2.24, 2.45) is 0 Å². The third kappa shape index (κ3) is 4.35. The number of hydrogen-bond acceptors (Lipinski definition) is 4. The van der Waals surface area contributed by atoms with Gasteiger partial charge in [0.2, 0.25) is 0 Å². The lowest BCUT2D eigenvalue weighted by molar-refractivity contribution is 0.601. The Hall–Kier alpha value is -1.33. The van der Waals surface area contributed by atoms with Crippen LogP contribution in [0.1, 0.15) is 32.4 Å². The maximum Gasteiger partial charge on any atom is 0.0697 e. The second kappa shape index (κ2) is 7.45. The van der Waals surface area contributed by atoms with Gasteiger partial charge in [0.05, 0.1) is 18.1 Å². The summed E-state index contributed by atoms with van der Waals surface area (Å²) in [6.45, 7) is 7.70. The van der Waals surface area contributed by atoms with E-state index in [2.05, 4.69) is 60.7 Å². The molecule has 0 fully saturated rings. The molecule has 1 aromatic heterocycles. The minimum Gasteiger partial charge on any atom is -0.309 e. The zero-order chi connectivity index (χ0) is 14.4. The lowest BCUT2D eigenvalue weighted by Crippen LogP contribution is -2.21. The Balaban J connectivity index is 1.86. The van der Waals surface area contributed by atoms with Crippen molar-refractivity contribution in [2.45, 2.75) is 32.1 Å². The highest BCUT2D eigenvalue weighted by molar-refractivity contribution is 7.99. The SMILES string of the molecule is CC(C)SCCN[C@@H](C)c1ccc(-n2ccnn2)cc1. The van der Waals surface area contributed by atoms with Crippen molar-refractivity contribution in [1.29, 1.82) is 0 Å². The summed E-state index contributed by atoms with van der Waals surface area (Å²) in [6, 6.07) is 8.80. The lowest BCUT2D eigenvalue weighted by Gasteiger charge is -2.15. The van der Waals surface area contributed by atoms with E-state index in [1.165, 1.54) is 5.56 Å². The molecule has 0 aliphatic rings. The van der Waals surface area contributed by atoms with Gasteiger partial charge in [-0.05, 0) is 29.9 Å². The molecule has 1 atom stereocenters. The smallest absolute Gasteiger partial charge is 0.0697 e. The van der Waals surface area contributed by atoms with Gasteiger partial charge in [0.15, 0.2) is 0 Å². The molecule has 108 valence electrons. The minimum atomic E-state index is 0.368. The average Bonchev–Trinajstić information content (AvgIpc) is 2.97. The molecule has 4 nitrogen and oxygen atoms in total. The molecule has 2 aromatic rings. The van der Waals surface area contributed by atoms with Crippen molar-refractivity contribution >= 4 is 11.8 Å². The predicted octanol–water partition coefficient (Wildman–Crippen LogP) is 3.06. The second-order valence-electron chi connectivity index (χ2n) is 5.03. The first-order valence-electron chi connectivity index (χ1n) is 6.98. The van der Waals surface area contributed by atoms with Crippen molar-refractivity contribution in [2.75, 3.05) is 12.3 Å². The number of rotatable bonds is 7. The molecule has 0 aliphatic carbocycles. The summed E-state index contributed by atoms with van der Waals surface area (Å²) < 4.78 is 1.77. The molecule has 0 unspecified atom stereocenters. The van der Waals surface area contributed by atoms with Crippen LogP contribution >= 0.6 is 11.8 Å². The maximum absolute atomic E-state index is 3.99. The Kier molecular flexibility index (Phi) is 5.61. The third-order valence-electron chi connectivity index (χ3n) is 3.08. The number of aromatic nitrogens is 3. The molecule has 20 heavy (non-hydrogen) atoms. The van der Waals surface area contributed by atoms with Crippen LogP contribution in [0.2, 0.25) is 0 Å². The summed E-state index contributed by atoms with van der Waals surface area (Å²) in [5, 5.41) is 12.1. The fourth-order valence-corrected chi connectivity index (χ4v) is 2.66. The van der Waals surface area contributed by atoms with Crippen LogP contribution < -0.4 is 5.32 Å². The van der Waals surface area contributed by atoms with Gasteiger partial charge in [0, 0.05) is 18.3 Å². The van der Waals surface area contributed by atoms with Gasteiger partial charge in [-0.2, -0.15) is 11.8 Å². The summed E-state index contributed by atoms with van der Waals surface area (Å²) in [7, 11) is 0. The van der Waals surface area contributed by atoms with Gasteiger partial charge in [0.1, 0.15) is 0 Å². The van der Waals surface area contributed by atoms with Crippen molar-refractivity contribution in [3.8, 4) is 5.69 Å². The first kappa shape index (κ1) is 15.1. The largest absolute Gasteiger partial charge is 0.309 e. The topological polar surface area (TPSA) is 42.7 Å². The highest BCUT2D eigenvalue weighted by Crippen LogP contribution is 2.15. The fraction of sp³-hybridized carbons (Fsp3) is 0.467. The molecule has 1 heterocycles. The van der Waals surface area contributed by atoms with E-state index in [0.29, 0.717) is 11.3 Å². The molecule has 2 rings (SSSR count). The summed E-state index contributed by atoms with van der Waals surface area (Å²) in [5.41, 5.74) is 2.33. The molecule has 5 heteroatoms. The van der Waals surface area contributed by atoms with E-state index in [4.69, 9.17) is 0 Å². The van der Waals surface area contributed by atoms with Crippen LogP contribution in [-0.4, -0.2) is 32.5 Å². The van der Waals surface area contributed by atoms with Crippen molar-refractivity contribution in [1.82, 2.24) is 20.3 Å². The van der Waals surface area contributed by atoms with Gasteiger partial charge in [-0.3, -0.25) is 0 Å². The number of nitrogens with zero attached hydrogens (tertiary/aromatic N) is 3. The Labute approximate surface area is 125 Å². The summed E-state index contributed by atoms with van der Waals surface area (Å²) in [4.78, 5) is 0. The number of hydrogen-bond donors (Lipinski definition) is 1. The van der Waals surface area contributed by atoms with Gasteiger partial charge < -0.3 is 5.32 Å². The van der Waals surface area contributed by atoms with Gasteiger partial charge in [-0.25, -0.2) is 4.68 Å². The second-order valence-corrected chi connectivity index (χ2v) is 6.72. The molecule has 0 aliphatic heterocycles. The molecule has 0 radical (unpaired) electrons. The highest BCUT2D eigenvalue weighted by atomic mass is 32.2. The lowest BCUT2D eigenvalue weighted by atomic mass is 10.1. The molecule has 1 N–H and O–H groups in total. The molecule has 0 saturated carbocycles. The molecular weight excluding hydrogens is 268 g/mol. The van der Waals surface area contributed by atoms with Gasteiger partial charge in [-0.1, -0.05) is 31.2 Å². The van der Waals surface area contributed by atoms with E-state index < -0.39 is 0 Å². The maximum atomic E-state index is 3.99. The van der Waals surface area contributed by atoms with Crippen molar-refractivity contribution < 1.29 is 0 Å². The molecule has 0 saturated heterocycles. The summed E-state index contributed by atoms with van der Waals surface area (Å²) in [5.74, 6) is 1.15. The molecular formula is C15H22N4S. The monoisotopic (exact) mass is 290 g/mol. The Morgan fingerprint density at radius 2 is 1.95 bits per heavy atom. The zero-order valence-electron chi connectivity index (χ0n) is 12.3. The van der Waals surface area contributed by atoms with E-state index in [1.54, 1.807) is 10.9 Å². The molecule has 0 amide bonds. The number of benzene rings is 1. The van der Waals surface area contributed by atoms with E-state index in [1.807, 2.05) is 18.0 Å². The van der Waals surface area contributed by atoms with E-state index in [9.17, 15) is 0 Å². The summed E-state index contributed by atoms with van der Waals surface area (Å²) in [6.07, 6.45) is 3.53. The average molecular weight is 290 g/mol.